The molecule has 0 radical (unpaired) electrons. The molecular weight excluding hydrogens is 386 g/mol. The average Bonchev–Trinajstić information content (AvgIpc) is 3.11. The molecule has 0 saturated carbocycles. The van der Waals surface area contributed by atoms with Gasteiger partial charge in [-0.15, -0.1) is 0 Å². The van der Waals surface area contributed by atoms with Crippen LogP contribution in [0.25, 0.3) is 0 Å². The fourth-order valence-corrected chi connectivity index (χ4v) is 4.54. The largest absolute Gasteiger partial charge is 0.378 e. The lowest BCUT2D eigenvalue weighted by atomic mass is 9.67. The Labute approximate surface area is 175 Å². The van der Waals surface area contributed by atoms with Gasteiger partial charge in [0.1, 0.15) is 17.2 Å². The second-order valence-corrected chi connectivity index (χ2v) is 8.77. The number of amides is 1. The van der Waals surface area contributed by atoms with Crippen LogP contribution in [-0.2, 0) is 16.8 Å². The molecule has 5 nitrogen and oxygen atoms in total. The summed E-state index contributed by atoms with van der Waals surface area (Å²) in [7, 11) is 1.56. The molecular formula is C23H26F2N4O. The molecule has 0 saturated heterocycles. The lowest BCUT2D eigenvalue weighted by Gasteiger charge is -2.46. The van der Waals surface area contributed by atoms with Crippen molar-refractivity contribution in [3.8, 4) is 0 Å². The summed E-state index contributed by atoms with van der Waals surface area (Å²) >= 11 is 0. The summed E-state index contributed by atoms with van der Waals surface area (Å²) in [6.45, 7) is 5.20. The Morgan fingerprint density at radius 3 is 2.63 bits per heavy atom. The standard InChI is InChI=1S/C23H26F2N4O/c1-22(2)20(30)29(4)21(26)28-23(22,3)15-12-14(9-10-16(15)24)27-18-11-8-13-6-5-7-17(25)19(13)18/h5-7,9-10,12,18,27H,8,11H2,1-4H3,(H2,26,28)/t18?,23-/m1/s1. The number of halogens is 2. The quantitative estimate of drug-likeness (QED) is 0.798. The van der Waals surface area contributed by atoms with Crippen molar-refractivity contribution in [2.24, 2.45) is 16.1 Å². The Bertz CT molecular complexity index is 1070. The number of hydrogen-bond acceptors (Lipinski definition) is 4. The van der Waals surface area contributed by atoms with Gasteiger partial charge in [0.25, 0.3) is 0 Å². The van der Waals surface area contributed by atoms with Gasteiger partial charge in [-0.05, 0) is 63.4 Å². The Balaban J connectivity index is 1.75. The third kappa shape index (κ3) is 2.87. The first kappa shape index (κ1) is 20.3. The first-order valence-electron chi connectivity index (χ1n) is 10.0. The molecule has 2 atom stereocenters. The molecule has 3 N–H and O–H groups in total. The number of fused-ring (bicyclic) bond motifs is 1. The summed E-state index contributed by atoms with van der Waals surface area (Å²) < 4.78 is 29.4. The van der Waals surface area contributed by atoms with Crippen molar-refractivity contribution >= 4 is 17.6 Å². The predicted octanol–water partition coefficient (Wildman–Crippen LogP) is 4.09. The lowest BCUT2D eigenvalue weighted by molar-refractivity contribution is -0.140. The Hall–Kier alpha value is -2.96. The molecule has 4 rings (SSSR count). The molecule has 2 aromatic rings. The van der Waals surface area contributed by atoms with Crippen molar-refractivity contribution in [1.29, 1.82) is 0 Å². The minimum atomic E-state index is -1.19. The zero-order valence-corrected chi connectivity index (χ0v) is 17.6. The number of carbonyl (C=O) groups excluding carboxylic acids is 1. The summed E-state index contributed by atoms with van der Waals surface area (Å²) in [6, 6.07) is 9.54. The lowest BCUT2D eigenvalue weighted by Crippen LogP contribution is -2.58. The molecule has 7 heteroatoms. The van der Waals surface area contributed by atoms with Crippen molar-refractivity contribution in [2.45, 2.75) is 45.2 Å². The maximum absolute atomic E-state index is 15.0. The first-order valence-corrected chi connectivity index (χ1v) is 10.0. The molecule has 1 aliphatic carbocycles. The maximum atomic E-state index is 15.0. The summed E-state index contributed by atoms with van der Waals surface area (Å²) in [5, 5.41) is 3.34. The maximum Gasteiger partial charge on any atom is 0.237 e. The molecule has 2 aliphatic rings. The van der Waals surface area contributed by atoms with E-state index < -0.39 is 16.8 Å². The van der Waals surface area contributed by atoms with Gasteiger partial charge in [-0.2, -0.15) is 0 Å². The van der Waals surface area contributed by atoms with Crippen molar-refractivity contribution < 1.29 is 13.6 Å². The van der Waals surface area contributed by atoms with E-state index in [0.29, 0.717) is 11.3 Å². The van der Waals surface area contributed by atoms with Crippen LogP contribution in [0.15, 0.2) is 41.4 Å². The van der Waals surface area contributed by atoms with Gasteiger partial charge in [-0.25, -0.2) is 13.8 Å². The molecule has 0 bridgehead atoms. The van der Waals surface area contributed by atoms with Crippen LogP contribution in [0.1, 0.15) is 49.9 Å². The molecule has 0 spiro atoms. The number of rotatable bonds is 3. The van der Waals surface area contributed by atoms with Crippen LogP contribution in [0.4, 0.5) is 14.5 Å². The van der Waals surface area contributed by atoms with E-state index in [9.17, 15) is 13.6 Å². The zero-order chi connectivity index (χ0) is 21.8. The number of nitrogens with two attached hydrogens (primary N) is 1. The molecule has 1 heterocycles. The van der Waals surface area contributed by atoms with E-state index in [2.05, 4.69) is 10.3 Å². The van der Waals surface area contributed by atoms with Gasteiger partial charge in [-0.1, -0.05) is 12.1 Å². The van der Waals surface area contributed by atoms with Crippen LogP contribution in [0.2, 0.25) is 0 Å². The third-order valence-corrected chi connectivity index (χ3v) is 6.76. The number of aliphatic imine (C=N–C) groups is 1. The fourth-order valence-electron chi connectivity index (χ4n) is 4.54. The van der Waals surface area contributed by atoms with Crippen molar-refractivity contribution in [3.63, 3.8) is 0 Å². The van der Waals surface area contributed by atoms with E-state index in [-0.39, 0.29) is 29.3 Å². The summed E-state index contributed by atoms with van der Waals surface area (Å²) in [4.78, 5) is 18.7. The Kier molecular flexibility index (Phi) is 4.60. The van der Waals surface area contributed by atoms with E-state index in [0.717, 1.165) is 18.4 Å². The topological polar surface area (TPSA) is 70.7 Å². The van der Waals surface area contributed by atoms with Gasteiger partial charge in [-0.3, -0.25) is 9.69 Å². The van der Waals surface area contributed by atoms with Crippen LogP contribution in [0.3, 0.4) is 0 Å². The molecule has 158 valence electrons. The summed E-state index contributed by atoms with van der Waals surface area (Å²) in [5.74, 6) is -0.896. The monoisotopic (exact) mass is 412 g/mol. The smallest absolute Gasteiger partial charge is 0.237 e. The minimum Gasteiger partial charge on any atom is -0.378 e. The number of nitrogens with one attached hydrogen (secondary N) is 1. The highest BCUT2D eigenvalue weighted by Gasteiger charge is 2.53. The normalized spacial score (nSPS) is 25.1. The number of aryl methyl sites for hydroxylation is 1. The van der Waals surface area contributed by atoms with Gasteiger partial charge in [0.15, 0.2) is 5.96 Å². The molecule has 0 aromatic heterocycles. The van der Waals surface area contributed by atoms with E-state index in [1.807, 2.05) is 6.07 Å². The van der Waals surface area contributed by atoms with E-state index >= 15 is 0 Å². The van der Waals surface area contributed by atoms with E-state index in [1.165, 1.54) is 17.0 Å². The van der Waals surface area contributed by atoms with E-state index in [1.54, 1.807) is 46.0 Å². The van der Waals surface area contributed by atoms with Crippen LogP contribution in [0.5, 0.6) is 0 Å². The molecule has 2 aromatic carbocycles. The van der Waals surface area contributed by atoms with Gasteiger partial charge in [0.2, 0.25) is 5.91 Å². The average molecular weight is 412 g/mol. The second-order valence-electron chi connectivity index (χ2n) is 8.77. The third-order valence-electron chi connectivity index (χ3n) is 6.76. The highest BCUT2D eigenvalue weighted by molar-refractivity contribution is 6.01. The molecule has 1 aliphatic heterocycles. The van der Waals surface area contributed by atoms with Crippen LogP contribution < -0.4 is 11.1 Å². The predicted molar refractivity (Wildman–Crippen MR) is 113 cm³/mol. The van der Waals surface area contributed by atoms with E-state index in [4.69, 9.17) is 5.73 Å². The van der Waals surface area contributed by atoms with Crippen molar-refractivity contribution in [1.82, 2.24) is 4.90 Å². The van der Waals surface area contributed by atoms with Crippen molar-refractivity contribution in [3.05, 3.63) is 64.7 Å². The van der Waals surface area contributed by atoms with Crippen LogP contribution in [0, 0.1) is 17.0 Å². The summed E-state index contributed by atoms with van der Waals surface area (Å²) in [5.41, 5.74) is 6.32. The highest BCUT2D eigenvalue weighted by Crippen LogP contribution is 2.48. The number of carbonyl (C=O) groups is 1. The first-order chi connectivity index (χ1) is 14.1. The van der Waals surface area contributed by atoms with Crippen molar-refractivity contribution in [2.75, 3.05) is 12.4 Å². The molecule has 1 unspecified atom stereocenters. The molecule has 1 amide bonds. The van der Waals surface area contributed by atoms with Gasteiger partial charge in [0, 0.05) is 23.9 Å². The summed E-state index contributed by atoms with van der Waals surface area (Å²) in [6.07, 6.45) is 1.53. The van der Waals surface area contributed by atoms with Crippen LogP contribution >= 0.6 is 0 Å². The number of anilines is 1. The molecule has 0 fully saturated rings. The zero-order valence-electron chi connectivity index (χ0n) is 17.6. The number of nitrogens with zero attached hydrogens (tertiary/aromatic N) is 2. The highest BCUT2D eigenvalue weighted by atomic mass is 19.1. The van der Waals surface area contributed by atoms with Crippen LogP contribution in [-0.4, -0.2) is 23.8 Å². The Morgan fingerprint density at radius 1 is 1.17 bits per heavy atom. The van der Waals surface area contributed by atoms with Gasteiger partial charge < -0.3 is 11.1 Å². The SMILES string of the molecule is CN1C(=O)C(C)(C)[C@@](C)(c2cc(NC3CCc4cccc(F)c43)ccc2F)N=C1N. The van der Waals surface area contributed by atoms with Gasteiger partial charge >= 0.3 is 0 Å². The number of guanidine groups is 1. The number of benzene rings is 2. The number of hydrogen-bond donors (Lipinski definition) is 2. The minimum absolute atomic E-state index is 0.0476. The van der Waals surface area contributed by atoms with Gasteiger partial charge in [0.05, 0.1) is 11.5 Å². The molecule has 30 heavy (non-hydrogen) atoms. The fraction of sp³-hybridized carbons (Fsp3) is 0.391. The Morgan fingerprint density at radius 2 is 1.90 bits per heavy atom. The second kappa shape index (κ2) is 6.79.